The van der Waals surface area contributed by atoms with Gasteiger partial charge in [-0.25, -0.2) is 4.68 Å². The summed E-state index contributed by atoms with van der Waals surface area (Å²) in [5.74, 6) is 0.422. The van der Waals surface area contributed by atoms with Crippen molar-refractivity contribution in [2.45, 2.75) is 27.2 Å². The average molecular weight is 306 g/mol. The van der Waals surface area contributed by atoms with Crippen molar-refractivity contribution < 1.29 is 0 Å². The van der Waals surface area contributed by atoms with Crippen LogP contribution in [-0.2, 0) is 6.42 Å². The summed E-state index contributed by atoms with van der Waals surface area (Å²) in [5.41, 5.74) is 4.94. The van der Waals surface area contributed by atoms with Gasteiger partial charge in [-0.3, -0.25) is 9.89 Å². The number of aromatic nitrogens is 2. The van der Waals surface area contributed by atoms with Crippen LogP contribution in [0.25, 0.3) is 16.9 Å². The predicted octanol–water partition coefficient (Wildman–Crippen LogP) is 4.34. The highest BCUT2D eigenvalue weighted by atomic mass is 16.1. The number of rotatable bonds is 4. The molecule has 1 heterocycles. The van der Waals surface area contributed by atoms with Gasteiger partial charge in [0.15, 0.2) is 0 Å². The number of aryl methyl sites for hydroxylation is 1. The number of nitrogens with one attached hydrogen (secondary N) is 1. The van der Waals surface area contributed by atoms with Gasteiger partial charge in [0.05, 0.1) is 11.4 Å². The van der Waals surface area contributed by atoms with Gasteiger partial charge in [0.2, 0.25) is 0 Å². The van der Waals surface area contributed by atoms with Crippen LogP contribution in [0, 0.1) is 12.8 Å². The molecule has 0 fully saturated rings. The molecule has 0 aliphatic rings. The van der Waals surface area contributed by atoms with Crippen LogP contribution in [0.1, 0.15) is 25.0 Å². The lowest BCUT2D eigenvalue weighted by atomic mass is 9.99. The van der Waals surface area contributed by atoms with Crippen LogP contribution in [0.3, 0.4) is 0 Å². The molecule has 0 bridgehead atoms. The number of benzene rings is 2. The number of aromatic amines is 1. The third-order valence-corrected chi connectivity index (χ3v) is 3.92. The van der Waals surface area contributed by atoms with E-state index in [1.807, 2.05) is 36.4 Å². The summed E-state index contributed by atoms with van der Waals surface area (Å²) in [6, 6.07) is 18.0. The highest BCUT2D eigenvalue weighted by Crippen LogP contribution is 2.23. The summed E-state index contributed by atoms with van der Waals surface area (Å²) in [6.45, 7) is 6.34. The molecule has 0 spiro atoms. The molecule has 0 atom stereocenters. The Balaban J connectivity index is 2.20. The van der Waals surface area contributed by atoms with Crippen LogP contribution >= 0.6 is 0 Å². The molecule has 3 heteroatoms. The van der Waals surface area contributed by atoms with E-state index in [0.29, 0.717) is 5.92 Å². The summed E-state index contributed by atoms with van der Waals surface area (Å²) in [6.07, 6.45) is 0.762. The van der Waals surface area contributed by atoms with E-state index in [4.69, 9.17) is 0 Å². The van der Waals surface area contributed by atoms with Gasteiger partial charge in [-0.1, -0.05) is 55.8 Å². The number of nitrogens with zero attached hydrogens (tertiary/aromatic N) is 1. The zero-order valence-electron chi connectivity index (χ0n) is 13.8. The third kappa shape index (κ3) is 3.14. The zero-order chi connectivity index (χ0) is 16.4. The van der Waals surface area contributed by atoms with Gasteiger partial charge in [-0.15, -0.1) is 0 Å². The Bertz CT molecular complexity index is 857. The fraction of sp³-hybridized carbons (Fsp3) is 0.250. The fourth-order valence-corrected chi connectivity index (χ4v) is 2.87. The number of hydrogen-bond donors (Lipinski definition) is 1. The van der Waals surface area contributed by atoms with Gasteiger partial charge in [-0.2, -0.15) is 0 Å². The average Bonchev–Trinajstić information content (AvgIpc) is 2.85. The van der Waals surface area contributed by atoms with Crippen LogP contribution in [-0.4, -0.2) is 9.78 Å². The van der Waals surface area contributed by atoms with E-state index >= 15 is 0 Å². The van der Waals surface area contributed by atoms with Crippen LogP contribution in [0.5, 0.6) is 0 Å². The molecule has 1 aromatic heterocycles. The molecule has 1 N–H and O–H groups in total. The van der Waals surface area contributed by atoms with Crippen molar-refractivity contribution in [3.05, 3.63) is 76.1 Å². The Morgan fingerprint density at radius 1 is 1.04 bits per heavy atom. The first kappa shape index (κ1) is 15.3. The molecule has 3 nitrogen and oxygen atoms in total. The van der Waals surface area contributed by atoms with Crippen LogP contribution in [0.2, 0.25) is 0 Å². The Hall–Kier alpha value is -2.55. The standard InChI is InChI=1S/C20H22N2O/c1-14(2)12-18-19(16-9-7-8-15(3)13-16)21-22(20(18)23)17-10-5-4-6-11-17/h4-11,13-14,21H,12H2,1-3H3. The van der Waals surface area contributed by atoms with Gasteiger partial charge in [0.25, 0.3) is 5.56 Å². The first-order valence-electron chi connectivity index (χ1n) is 8.02. The van der Waals surface area contributed by atoms with Gasteiger partial charge in [0, 0.05) is 11.1 Å². The fourth-order valence-electron chi connectivity index (χ4n) is 2.87. The lowest BCUT2D eigenvalue weighted by molar-refractivity contribution is 0.644. The van der Waals surface area contributed by atoms with Crippen molar-refractivity contribution in [1.29, 1.82) is 0 Å². The van der Waals surface area contributed by atoms with E-state index in [1.54, 1.807) is 4.68 Å². The molecule has 0 unspecified atom stereocenters. The SMILES string of the molecule is Cc1cccc(-c2[nH]n(-c3ccccc3)c(=O)c2CC(C)C)c1. The van der Waals surface area contributed by atoms with E-state index in [2.05, 4.69) is 44.1 Å². The second-order valence-electron chi connectivity index (χ2n) is 6.41. The summed E-state index contributed by atoms with van der Waals surface area (Å²) in [4.78, 5) is 12.9. The largest absolute Gasteiger partial charge is 0.290 e. The van der Waals surface area contributed by atoms with Gasteiger partial charge >= 0.3 is 0 Å². The number of H-pyrrole nitrogens is 1. The maximum absolute atomic E-state index is 12.9. The molecule has 3 aromatic rings. The first-order chi connectivity index (χ1) is 11.1. The van der Waals surface area contributed by atoms with Crippen molar-refractivity contribution in [3.8, 4) is 16.9 Å². The van der Waals surface area contributed by atoms with Crippen LogP contribution in [0.4, 0.5) is 0 Å². The predicted molar refractivity (Wildman–Crippen MR) is 95.1 cm³/mol. The molecule has 0 aliphatic heterocycles. The van der Waals surface area contributed by atoms with Crippen molar-refractivity contribution in [2.24, 2.45) is 5.92 Å². The molecule has 0 saturated heterocycles. The lowest BCUT2D eigenvalue weighted by Crippen LogP contribution is -2.18. The van der Waals surface area contributed by atoms with Crippen LogP contribution < -0.4 is 5.56 Å². The molecule has 0 aliphatic carbocycles. The first-order valence-corrected chi connectivity index (χ1v) is 8.02. The van der Waals surface area contributed by atoms with E-state index < -0.39 is 0 Å². The maximum atomic E-state index is 12.9. The quantitative estimate of drug-likeness (QED) is 0.765. The summed E-state index contributed by atoms with van der Waals surface area (Å²) >= 11 is 0. The summed E-state index contributed by atoms with van der Waals surface area (Å²) < 4.78 is 1.65. The molecule has 3 rings (SSSR count). The molecule has 0 radical (unpaired) electrons. The second-order valence-corrected chi connectivity index (χ2v) is 6.41. The topological polar surface area (TPSA) is 37.8 Å². The number of para-hydroxylation sites is 1. The zero-order valence-corrected chi connectivity index (χ0v) is 13.8. The van der Waals surface area contributed by atoms with E-state index in [1.165, 1.54) is 5.56 Å². The van der Waals surface area contributed by atoms with Crippen molar-refractivity contribution in [2.75, 3.05) is 0 Å². The van der Waals surface area contributed by atoms with Crippen molar-refractivity contribution >= 4 is 0 Å². The Kier molecular flexibility index (Phi) is 4.20. The maximum Gasteiger partial charge on any atom is 0.275 e. The minimum Gasteiger partial charge on any atom is -0.290 e. The molecule has 0 amide bonds. The molecule has 23 heavy (non-hydrogen) atoms. The summed E-state index contributed by atoms with van der Waals surface area (Å²) in [5, 5.41) is 3.32. The highest BCUT2D eigenvalue weighted by molar-refractivity contribution is 5.64. The van der Waals surface area contributed by atoms with E-state index in [9.17, 15) is 4.79 Å². The molecular formula is C20H22N2O. The van der Waals surface area contributed by atoms with Gasteiger partial charge in [0.1, 0.15) is 0 Å². The monoisotopic (exact) mass is 306 g/mol. The van der Waals surface area contributed by atoms with Crippen molar-refractivity contribution in [1.82, 2.24) is 9.78 Å². The molecule has 118 valence electrons. The van der Waals surface area contributed by atoms with Crippen LogP contribution in [0.15, 0.2) is 59.4 Å². The van der Waals surface area contributed by atoms with Gasteiger partial charge in [-0.05, 0) is 37.5 Å². The Morgan fingerprint density at radius 3 is 2.43 bits per heavy atom. The lowest BCUT2D eigenvalue weighted by Gasteiger charge is -2.06. The second kappa shape index (κ2) is 6.29. The van der Waals surface area contributed by atoms with Crippen molar-refractivity contribution in [3.63, 3.8) is 0 Å². The highest BCUT2D eigenvalue weighted by Gasteiger charge is 2.17. The Morgan fingerprint density at radius 2 is 1.78 bits per heavy atom. The third-order valence-electron chi connectivity index (χ3n) is 3.92. The minimum atomic E-state index is 0.0430. The molecule has 0 saturated carbocycles. The van der Waals surface area contributed by atoms with E-state index in [-0.39, 0.29) is 5.56 Å². The van der Waals surface area contributed by atoms with E-state index in [0.717, 1.165) is 28.9 Å². The molecular weight excluding hydrogens is 284 g/mol. The van der Waals surface area contributed by atoms with Gasteiger partial charge < -0.3 is 0 Å². The minimum absolute atomic E-state index is 0.0430. The molecule has 2 aromatic carbocycles. The normalized spacial score (nSPS) is 11.1. The number of hydrogen-bond acceptors (Lipinski definition) is 1. The Labute approximate surface area is 136 Å². The summed E-state index contributed by atoms with van der Waals surface area (Å²) in [7, 11) is 0. The smallest absolute Gasteiger partial charge is 0.275 e.